The van der Waals surface area contributed by atoms with Gasteiger partial charge in [0.25, 0.3) is 17.5 Å². The van der Waals surface area contributed by atoms with Crippen LogP contribution < -0.4 is 15.8 Å². The van der Waals surface area contributed by atoms with E-state index in [0.29, 0.717) is 11.3 Å². The Kier molecular flexibility index (Phi) is 6.85. The number of benzene rings is 2. The van der Waals surface area contributed by atoms with Crippen molar-refractivity contribution < 1.29 is 24.0 Å². The second-order valence-electron chi connectivity index (χ2n) is 6.21. The van der Waals surface area contributed by atoms with Gasteiger partial charge in [-0.05, 0) is 25.1 Å². The fourth-order valence-corrected chi connectivity index (χ4v) is 2.35. The molecule has 0 aliphatic heterocycles. The summed E-state index contributed by atoms with van der Waals surface area (Å²) in [6, 6.07) is 12.0. The maximum absolute atomic E-state index is 12.5. The van der Waals surface area contributed by atoms with Crippen molar-refractivity contribution in [2.45, 2.75) is 13.0 Å². The minimum absolute atomic E-state index is 0.0582. The first-order valence-corrected chi connectivity index (χ1v) is 8.52. The van der Waals surface area contributed by atoms with Gasteiger partial charge in [0.05, 0.1) is 16.2 Å². The first kappa shape index (κ1) is 21.4. The number of carbonyl (C=O) groups excluding carboxylic acids is 3. The highest BCUT2D eigenvalue weighted by Gasteiger charge is 2.24. The van der Waals surface area contributed by atoms with E-state index in [1.54, 1.807) is 49.3 Å². The summed E-state index contributed by atoms with van der Waals surface area (Å²) in [4.78, 5) is 48.5. The molecular formula is C19H20N4O6. The Balaban J connectivity index is 2.04. The SMILES string of the molecule is C[C@H](OC(=O)c1cc([N+](=O)[O-])ccc1N(C)C)C(=O)NNC(=O)c1ccccc1. The molecule has 2 aromatic rings. The molecule has 2 N–H and O–H groups in total. The van der Waals surface area contributed by atoms with Gasteiger partial charge in [-0.25, -0.2) is 4.79 Å². The minimum atomic E-state index is -1.26. The molecule has 2 aromatic carbocycles. The van der Waals surface area contributed by atoms with Crippen LogP contribution in [0.1, 0.15) is 27.6 Å². The number of carbonyl (C=O) groups is 3. The molecule has 0 fully saturated rings. The van der Waals surface area contributed by atoms with Crippen LogP contribution in [0.2, 0.25) is 0 Å². The zero-order valence-corrected chi connectivity index (χ0v) is 16.0. The molecule has 0 aliphatic rings. The molecule has 0 heterocycles. The number of nitro groups is 1. The molecule has 0 radical (unpaired) electrons. The Bertz CT molecular complexity index is 930. The van der Waals surface area contributed by atoms with E-state index in [1.165, 1.54) is 19.1 Å². The van der Waals surface area contributed by atoms with Gasteiger partial charge in [-0.15, -0.1) is 0 Å². The Morgan fingerprint density at radius 2 is 1.72 bits per heavy atom. The first-order chi connectivity index (χ1) is 13.7. The summed E-state index contributed by atoms with van der Waals surface area (Å²) in [5.74, 6) is -2.21. The normalized spacial score (nSPS) is 11.1. The summed E-state index contributed by atoms with van der Waals surface area (Å²) in [5.41, 5.74) is 4.78. The fraction of sp³-hybridized carbons (Fsp3) is 0.211. The predicted molar refractivity (Wildman–Crippen MR) is 104 cm³/mol. The third-order valence-electron chi connectivity index (χ3n) is 3.88. The summed E-state index contributed by atoms with van der Waals surface area (Å²) in [6.07, 6.45) is -1.26. The van der Waals surface area contributed by atoms with Crippen molar-refractivity contribution in [1.29, 1.82) is 0 Å². The lowest BCUT2D eigenvalue weighted by atomic mass is 10.1. The van der Waals surface area contributed by atoms with E-state index in [0.717, 1.165) is 6.07 Å². The van der Waals surface area contributed by atoms with E-state index in [9.17, 15) is 24.5 Å². The van der Waals surface area contributed by atoms with Crippen molar-refractivity contribution >= 4 is 29.2 Å². The number of nitrogens with one attached hydrogen (secondary N) is 2. The highest BCUT2D eigenvalue weighted by atomic mass is 16.6. The molecule has 29 heavy (non-hydrogen) atoms. The van der Waals surface area contributed by atoms with Crippen molar-refractivity contribution in [2.75, 3.05) is 19.0 Å². The van der Waals surface area contributed by atoms with Gasteiger partial charge in [0.1, 0.15) is 0 Å². The quantitative estimate of drug-likeness (QED) is 0.428. The van der Waals surface area contributed by atoms with Gasteiger partial charge in [-0.2, -0.15) is 0 Å². The van der Waals surface area contributed by atoms with E-state index in [1.807, 2.05) is 0 Å². The van der Waals surface area contributed by atoms with Crippen molar-refractivity contribution in [3.05, 3.63) is 69.8 Å². The van der Waals surface area contributed by atoms with Gasteiger partial charge in [-0.3, -0.25) is 30.6 Å². The average Bonchev–Trinajstić information content (AvgIpc) is 2.71. The van der Waals surface area contributed by atoms with E-state index >= 15 is 0 Å². The van der Waals surface area contributed by atoms with Crippen LogP contribution >= 0.6 is 0 Å². The smallest absolute Gasteiger partial charge is 0.341 e. The number of hydrogen-bond acceptors (Lipinski definition) is 7. The average molecular weight is 400 g/mol. The molecule has 0 saturated carbocycles. The molecule has 10 nitrogen and oxygen atoms in total. The summed E-state index contributed by atoms with van der Waals surface area (Å²) < 4.78 is 5.11. The first-order valence-electron chi connectivity index (χ1n) is 8.52. The summed E-state index contributed by atoms with van der Waals surface area (Å²) in [6.45, 7) is 1.31. The van der Waals surface area contributed by atoms with Crippen LogP contribution in [0.3, 0.4) is 0 Å². The Labute approximate surface area is 166 Å². The van der Waals surface area contributed by atoms with E-state index in [-0.39, 0.29) is 11.3 Å². The molecule has 2 rings (SSSR count). The summed E-state index contributed by atoms with van der Waals surface area (Å²) >= 11 is 0. The molecule has 10 heteroatoms. The molecule has 0 bridgehead atoms. The topological polar surface area (TPSA) is 131 Å². The van der Waals surface area contributed by atoms with Crippen LogP contribution in [0.4, 0.5) is 11.4 Å². The van der Waals surface area contributed by atoms with Gasteiger partial charge in [0.15, 0.2) is 6.10 Å². The molecular weight excluding hydrogens is 380 g/mol. The zero-order chi connectivity index (χ0) is 21.6. The monoisotopic (exact) mass is 400 g/mol. The molecule has 0 unspecified atom stereocenters. The Hall–Kier alpha value is -3.95. The minimum Gasteiger partial charge on any atom is -0.449 e. The lowest BCUT2D eigenvalue weighted by Gasteiger charge is -2.18. The number of non-ortho nitro benzene ring substituents is 1. The van der Waals surface area contributed by atoms with Crippen LogP contribution in [0.15, 0.2) is 48.5 Å². The largest absolute Gasteiger partial charge is 0.449 e. The van der Waals surface area contributed by atoms with Crippen LogP contribution in [0, 0.1) is 10.1 Å². The third kappa shape index (κ3) is 5.51. The highest BCUT2D eigenvalue weighted by Crippen LogP contribution is 2.25. The molecule has 152 valence electrons. The van der Waals surface area contributed by atoms with Gasteiger partial charge < -0.3 is 9.64 Å². The second kappa shape index (κ2) is 9.31. The number of ether oxygens (including phenoxy) is 1. The van der Waals surface area contributed by atoms with Gasteiger partial charge in [0.2, 0.25) is 0 Å². The second-order valence-corrected chi connectivity index (χ2v) is 6.21. The molecule has 0 spiro atoms. The van der Waals surface area contributed by atoms with Crippen LogP contribution in [0.5, 0.6) is 0 Å². The number of nitrogens with zero attached hydrogens (tertiary/aromatic N) is 2. The fourth-order valence-electron chi connectivity index (χ4n) is 2.35. The number of hydrazine groups is 1. The van der Waals surface area contributed by atoms with Crippen LogP contribution in [-0.2, 0) is 9.53 Å². The molecule has 0 aromatic heterocycles. The van der Waals surface area contributed by atoms with Crippen LogP contribution in [0.25, 0.3) is 0 Å². The van der Waals surface area contributed by atoms with Crippen molar-refractivity contribution in [3.63, 3.8) is 0 Å². The van der Waals surface area contributed by atoms with Gasteiger partial charge >= 0.3 is 5.97 Å². The standard InChI is InChI=1S/C19H20N4O6/c1-12(17(24)20-21-18(25)13-7-5-4-6-8-13)29-19(26)15-11-14(23(27)28)9-10-16(15)22(2)3/h4-12H,1-3H3,(H,20,24)(H,21,25)/t12-/m0/s1. The number of anilines is 1. The molecule has 2 amide bonds. The third-order valence-corrected chi connectivity index (χ3v) is 3.88. The van der Waals surface area contributed by atoms with Crippen molar-refractivity contribution in [2.24, 2.45) is 0 Å². The number of nitro benzene ring substituents is 1. The molecule has 0 saturated heterocycles. The Morgan fingerprint density at radius 1 is 1.07 bits per heavy atom. The predicted octanol–water partition coefficient (Wildman–Crippen LogP) is 1.67. The number of amides is 2. The maximum atomic E-state index is 12.5. The van der Waals surface area contributed by atoms with Gasteiger partial charge in [-0.1, -0.05) is 18.2 Å². The number of esters is 1. The summed E-state index contributed by atoms with van der Waals surface area (Å²) in [5, 5.41) is 11.0. The lowest BCUT2D eigenvalue weighted by molar-refractivity contribution is -0.384. The molecule has 0 aliphatic carbocycles. The maximum Gasteiger partial charge on any atom is 0.341 e. The lowest BCUT2D eigenvalue weighted by Crippen LogP contribution is -2.46. The highest BCUT2D eigenvalue weighted by molar-refractivity contribution is 5.99. The van der Waals surface area contributed by atoms with Crippen molar-refractivity contribution in [1.82, 2.24) is 10.9 Å². The summed E-state index contributed by atoms with van der Waals surface area (Å²) in [7, 11) is 3.32. The number of rotatable bonds is 6. The number of hydrogen-bond donors (Lipinski definition) is 2. The van der Waals surface area contributed by atoms with E-state index in [2.05, 4.69) is 10.9 Å². The van der Waals surface area contributed by atoms with Crippen LogP contribution in [-0.4, -0.2) is 42.9 Å². The Morgan fingerprint density at radius 3 is 2.31 bits per heavy atom. The van der Waals surface area contributed by atoms with E-state index < -0.39 is 28.8 Å². The van der Waals surface area contributed by atoms with Crippen molar-refractivity contribution in [3.8, 4) is 0 Å². The molecule has 1 atom stereocenters. The zero-order valence-electron chi connectivity index (χ0n) is 16.0. The van der Waals surface area contributed by atoms with E-state index in [4.69, 9.17) is 4.74 Å². The van der Waals surface area contributed by atoms with Gasteiger partial charge in [0, 0.05) is 31.8 Å².